The van der Waals surface area contributed by atoms with Gasteiger partial charge in [-0.15, -0.1) is 0 Å². The molecule has 0 aliphatic carbocycles. The Kier molecular flexibility index (Phi) is 9.33. The number of rotatable bonds is 8. The summed E-state index contributed by atoms with van der Waals surface area (Å²) < 4.78 is 60.6. The number of carbonyl (C=O) groups is 1. The number of piperidine rings is 1. The Morgan fingerprint density at radius 2 is 1.80 bits per heavy atom. The molecule has 1 aliphatic rings. The van der Waals surface area contributed by atoms with E-state index >= 15 is 4.39 Å². The number of alkyl halides is 1. The highest BCUT2D eigenvalue weighted by Gasteiger charge is 2.33. The first-order valence-corrected chi connectivity index (χ1v) is 16.7. The van der Waals surface area contributed by atoms with Gasteiger partial charge in [-0.05, 0) is 50.5 Å². The van der Waals surface area contributed by atoms with Crippen molar-refractivity contribution in [3.8, 4) is 11.3 Å². The molecule has 1 saturated heterocycles. The zero-order valence-corrected chi connectivity index (χ0v) is 26.6. The zero-order chi connectivity index (χ0) is 32.4. The molecular formula is C33H37F2N5O4S. The normalized spacial score (nSPS) is 17.3. The number of anilines is 1. The second-order valence-corrected chi connectivity index (χ2v) is 14.4. The molecule has 0 radical (unpaired) electrons. The Labute approximate surface area is 262 Å². The number of halogens is 2. The monoisotopic (exact) mass is 637 g/mol. The summed E-state index contributed by atoms with van der Waals surface area (Å²) in [6.45, 7) is 7.45. The Balaban J connectivity index is 1.33. The predicted molar refractivity (Wildman–Crippen MR) is 170 cm³/mol. The molecule has 1 N–H and O–H groups in total. The first kappa shape index (κ1) is 32.2. The van der Waals surface area contributed by atoms with Crippen LogP contribution in [0.25, 0.3) is 22.3 Å². The number of pyridine rings is 1. The van der Waals surface area contributed by atoms with Crippen LogP contribution >= 0.6 is 0 Å². The number of hydrogen-bond donors (Lipinski definition) is 1. The maximum atomic E-state index is 15.2. The fourth-order valence-corrected chi connectivity index (χ4v) is 6.83. The van der Waals surface area contributed by atoms with E-state index in [1.807, 2.05) is 19.1 Å². The lowest BCUT2D eigenvalue weighted by Gasteiger charge is -2.36. The van der Waals surface area contributed by atoms with E-state index in [0.29, 0.717) is 34.3 Å². The molecule has 1 aliphatic heterocycles. The van der Waals surface area contributed by atoms with Gasteiger partial charge in [0.05, 0.1) is 35.5 Å². The van der Waals surface area contributed by atoms with Gasteiger partial charge >= 0.3 is 6.09 Å². The van der Waals surface area contributed by atoms with Crippen molar-refractivity contribution in [1.82, 2.24) is 19.9 Å². The highest BCUT2D eigenvalue weighted by Crippen LogP contribution is 2.28. The van der Waals surface area contributed by atoms with Crippen molar-refractivity contribution < 1.29 is 26.7 Å². The quantitative estimate of drug-likeness (QED) is 0.241. The van der Waals surface area contributed by atoms with Gasteiger partial charge < -0.3 is 15.0 Å². The van der Waals surface area contributed by atoms with Crippen molar-refractivity contribution in [2.45, 2.75) is 69.9 Å². The molecular weight excluding hydrogens is 600 g/mol. The van der Waals surface area contributed by atoms with Gasteiger partial charge in [0.2, 0.25) is 5.95 Å². The highest BCUT2D eigenvalue weighted by atomic mass is 32.2. The van der Waals surface area contributed by atoms with Crippen molar-refractivity contribution in [2.75, 3.05) is 18.4 Å². The minimum Gasteiger partial charge on any atom is -0.444 e. The fourth-order valence-electron chi connectivity index (χ4n) is 5.32. The van der Waals surface area contributed by atoms with Crippen LogP contribution in [0.3, 0.4) is 0 Å². The van der Waals surface area contributed by atoms with Crippen molar-refractivity contribution in [3.63, 3.8) is 0 Å². The summed E-state index contributed by atoms with van der Waals surface area (Å²) in [4.78, 5) is 27.6. The lowest BCUT2D eigenvalue weighted by Crippen LogP contribution is -2.51. The van der Waals surface area contributed by atoms with Gasteiger partial charge in [0.25, 0.3) is 0 Å². The molecule has 45 heavy (non-hydrogen) atoms. The van der Waals surface area contributed by atoms with Crippen LogP contribution in [-0.4, -0.2) is 65.3 Å². The Morgan fingerprint density at radius 1 is 1.04 bits per heavy atom. The summed E-state index contributed by atoms with van der Waals surface area (Å²) in [5.74, 6) is -0.932. The minimum absolute atomic E-state index is 0.0383. The highest BCUT2D eigenvalue weighted by molar-refractivity contribution is 7.89. The van der Waals surface area contributed by atoms with Gasteiger partial charge in [0, 0.05) is 30.1 Å². The summed E-state index contributed by atoms with van der Waals surface area (Å²) >= 11 is 0. The number of sulfone groups is 1. The lowest BCUT2D eigenvalue weighted by atomic mass is 10.0. The zero-order valence-electron chi connectivity index (χ0n) is 25.8. The summed E-state index contributed by atoms with van der Waals surface area (Å²) in [6, 6.07) is 14.6. The summed E-state index contributed by atoms with van der Waals surface area (Å²) in [5.41, 5.74) is 2.98. The third kappa shape index (κ3) is 8.30. The van der Waals surface area contributed by atoms with Crippen molar-refractivity contribution in [3.05, 3.63) is 83.3 Å². The third-order valence-corrected chi connectivity index (χ3v) is 8.87. The van der Waals surface area contributed by atoms with Crippen LogP contribution in [0.1, 0.15) is 50.8 Å². The Hall–Kier alpha value is -4.19. The number of amides is 1. The van der Waals surface area contributed by atoms with E-state index in [-0.39, 0.29) is 36.8 Å². The third-order valence-electron chi connectivity index (χ3n) is 7.34. The molecule has 2 aromatic carbocycles. The molecule has 2 aromatic heterocycles. The van der Waals surface area contributed by atoms with E-state index < -0.39 is 45.3 Å². The van der Waals surface area contributed by atoms with Crippen molar-refractivity contribution >= 4 is 32.9 Å². The van der Waals surface area contributed by atoms with E-state index in [0.717, 1.165) is 5.56 Å². The number of nitrogens with one attached hydrogen (secondary N) is 1. The number of likely N-dealkylation sites (tertiary alicyclic amines) is 1. The van der Waals surface area contributed by atoms with E-state index in [4.69, 9.17) is 4.74 Å². The molecule has 2 atom stereocenters. The maximum Gasteiger partial charge on any atom is 0.410 e. The van der Waals surface area contributed by atoms with Crippen LogP contribution in [0.15, 0.2) is 60.8 Å². The maximum absolute atomic E-state index is 15.2. The average Bonchev–Trinajstić information content (AvgIpc) is 2.96. The number of ether oxygens (including phenoxy) is 1. The van der Waals surface area contributed by atoms with Gasteiger partial charge in [-0.2, -0.15) is 0 Å². The topological polar surface area (TPSA) is 114 Å². The molecule has 0 bridgehead atoms. The van der Waals surface area contributed by atoms with Gasteiger partial charge in [0.15, 0.2) is 9.84 Å². The summed E-state index contributed by atoms with van der Waals surface area (Å²) in [7, 11) is -3.58. The van der Waals surface area contributed by atoms with E-state index in [2.05, 4.69) is 20.3 Å². The second-order valence-electron chi connectivity index (χ2n) is 12.3. The van der Waals surface area contributed by atoms with E-state index in [1.54, 1.807) is 57.3 Å². The number of benzene rings is 2. The fraction of sp³-hybridized carbons (Fsp3) is 0.394. The molecule has 1 fully saturated rings. The molecule has 0 unspecified atom stereocenters. The van der Waals surface area contributed by atoms with Gasteiger partial charge in [-0.25, -0.2) is 36.9 Å². The second kappa shape index (κ2) is 13.0. The number of aryl methyl sites for hydroxylation is 1. The average molecular weight is 638 g/mol. The number of fused-ring (bicyclic) bond motifs is 1. The Morgan fingerprint density at radius 3 is 2.49 bits per heavy atom. The predicted octanol–water partition coefficient (Wildman–Crippen LogP) is 6.27. The molecule has 238 valence electrons. The van der Waals surface area contributed by atoms with E-state index in [9.17, 15) is 17.6 Å². The molecule has 0 saturated carbocycles. The first-order valence-electron chi connectivity index (χ1n) is 14.9. The molecule has 12 heteroatoms. The smallest absolute Gasteiger partial charge is 0.410 e. The van der Waals surface area contributed by atoms with Crippen LogP contribution in [0.2, 0.25) is 0 Å². The molecule has 5 rings (SSSR count). The van der Waals surface area contributed by atoms with Crippen molar-refractivity contribution in [1.29, 1.82) is 0 Å². The summed E-state index contributed by atoms with van der Waals surface area (Å²) in [5, 5.41) is 3.16. The molecule has 0 spiro atoms. The van der Waals surface area contributed by atoms with Gasteiger partial charge in [0.1, 0.15) is 23.1 Å². The standard InChI is InChI=1S/C33H37F2N5O4S/c1-5-22-14-28(23-11-12-24(27(35)13-23)20-45(42,43)19-21-9-7-6-8-10-21)38-29-16-36-31(39-30(22)29)37-26-15-25(34)17-40(18-26)32(41)44-33(2,3)4/h6-14,16,25-26H,5,15,17-20H2,1-4H3,(H,36,37,39)/t25-,26-/m0/s1. The van der Waals surface area contributed by atoms with Crippen LogP contribution < -0.4 is 5.32 Å². The largest absolute Gasteiger partial charge is 0.444 e. The van der Waals surface area contributed by atoms with Gasteiger partial charge in [-0.1, -0.05) is 49.4 Å². The molecule has 4 aromatic rings. The SMILES string of the molecule is CCc1cc(-c2ccc(CS(=O)(=O)Cc3ccccc3)c(F)c2)nc2cnc(N[C@H]3C[C@H](F)CN(C(=O)OC(C)(C)C)C3)nc12. The molecule has 9 nitrogen and oxygen atoms in total. The molecule has 1 amide bonds. The van der Waals surface area contributed by atoms with Crippen LogP contribution in [0, 0.1) is 5.82 Å². The number of carbonyl (C=O) groups excluding carboxylic acids is 1. The van der Waals surface area contributed by atoms with Crippen molar-refractivity contribution in [2.24, 2.45) is 0 Å². The van der Waals surface area contributed by atoms with Crippen LogP contribution in [0.5, 0.6) is 0 Å². The number of aromatic nitrogens is 3. The Bertz CT molecular complexity index is 1800. The van der Waals surface area contributed by atoms with Crippen LogP contribution in [-0.2, 0) is 32.5 Å². The van der Waals surface area contributed by atoms with Crippen LogP contribution in [0.4, 0.5) is 19.5 Å². The summed E-state index contributed by atoms with van der Waals surface area (Å²) in [6.07, 6.45) is 0.543. The minimum atomic E-state index is -3.58. The number of nitrogens with zero attached hydrogens (tertiary/aromatic N) is 4. The number of hydrogen-bond acceptors (Lipinski definition) is 8. The van der Waals surface area contributed by atoms with Gasteiger partial charge in [-0.3, -0.25) is 0 Å². The molecule has 3 heterocycles. The first-order chi connectivity index (χ1) is 21.3. The van der Waals surface area contributed by atoms with E-state index in [1.165, 1.54) is 17.0 Å². The lowest BCUT2D eigenvalue weighted by molar-refractivity contribution is 0.0124.